The lowest BCUT2D eigenvalue weighted by molar-refractivity contribution is -0.00534. The lowest BCUT2D eigenvalue weighted by Gasteiger charge is -2.57. The van der Waals surface area contributed by atoms with E-state index < -0.39 is 0 Å². The van der Waals surface area contributed by atoms with Crippen LogP contribution in [0.2, 0.25) is 0 Å². The Labute approximate surface area is 115 Å². The fourth-order valence-electron chi connectivity index (χ4n) is 5.50. The first-order valence-corrected chi connectivity index (χ1v) is 7.93. The van der Waals surface area contributed by atoms with E-state index in [1.807, 2.05) is 0 Å². The maximum atomic E-state index is 5.60. The first kappa shape index (κ1) is 11.9. The summed E-state index contributed by atoms with van der Waals surface area (Å²) in [7, 11) is 0. The predicted octanol–water partition coefficient (Wildman–Crippen LogP) is 3.05. The van der Waals surface area contributed by atoms with Crippen molar-refractivity contribution < 1.29 is 0 Å². The second-order valence-electron chi connectivity index (χ2n) is 7.27. The van der Waals surface area contributed by atoms with Gasteiger partial charge < -0.3 is 5.73 Å². The van der Waals surface area contributed by atoms with Crippen molar-refractivity contribution in [2.45, 2.75) is 50.4 Å². The molecule has 0 radical (unpaired) electrons. The SMILES string of the molecule is NCCc1ccc(C23CC4CC(CC(C4)C2)C3)cn1. The van der Waals surface area contributed by atoms with E-state index in [-0.39, 0.29) is 0 Å². The van der Waals surface area contributed by atoms with Gasteiger partial charge in [-0.15, -0.1) is 0 Å². The highest BCUT2D eigenvalue weighted by atomic mass is 14.7. The number of hydrogen-bond donors (Lipinski definition) is 1. The summed E-state index contributed by atoms with van der Waals surface area (Å²) in [5.41, 5.74) is 8.76. The monoisotopic (exact) mass is 256 g/mol. The van der Waals surface area contributed by atoms with Crippen LogP contribution in [0.5, 0.6) is 0 Å². The van der Waals surface area contributed by atoms with Crippen LogP contribution >= 0.6 is 0 Å². The lowest BCUT2D eigenvalue weighted by atomic mass is 9.48. The van der Waals surface area contributed by atoms with Gasteiger partial charge in [-0.3, -0.25) is 4.98 Å². The summed E-state index contributed by atoms with van der Waals surface area (Å²) < 4.78 is 0. The summed E-state index contributed by atoms with van der Waals surface area (Å²) in [4.78, 5) is 4.65. The maximum Gasteiger partial charge on any atom is 0.0416 e. The van der Waals surface area contributed by atoms with Crippen LogP contribution in [-0.4, -0.2) is 11.5 Å². The van der Waals surface area contributed by atoms with Gasteiger partial charge in [0, 0.05) is 18.3 Å². The first-order chi connectivity index (χ1) is 9.27. The highest BCUT2D eigenvalue weighted by molar-refractivity contribution is 5.28. The average molecular weight is 256 g/mol. The lowest BCUT2D eigenvalue weighted by Crippen LogP contribution is -2.48. The van der Waals surface area contributed by atoms with Crippen molar-refractivity contribution in [1.82, 2.24) is 4.98 Å². The van der Waals surface area contributed by atoms with Crippen molar-refractivity contribution in [3.8, 4) is 0 Å². The number of hydrogen-bond acceptors (Lipinski definition) is 2. The molecule has 1 heterocycles. The van der Waals surface area contributed by atoms with Gasteiger partial charge >= 0.3 is 0 Å². The van der Waals surface area contributed by atoms with Gasteiger partial charge in [-0.2, -0.15) is 0 Å². The summed E-state index contributed by atoms with van der Waals surface area (Å²) in [6, 6.07) is 4.56. The maximum absolute atomic E-state index is 5.60. The van der Waals surface area contributed by atoms with Gasteiger partial charge in [0.15, 0.2) is 0 Å². The van der Waals surface area contributed by atoms with Crippen molar-refractivity contribution in [2.24, 2.45) is 23.5 Å². The Balaban J connectivity index is 1.64. The van der Waals surface area contributed by atoms with Crippen molar-refractivity contribution in [1.29, 1.82) is 0 Å². The number of rotatable bonds is 3. The van der Waals surface area contributed by atoms with E-state index >= 15 is 0 Å². The quantitative estimate of drug-likeness (QED) is 0.902. The van der Waals surface area contributed by atoms with Gasteiger partial charge in [-0.1, -0.05) is 6.07 Å². The smallest absolute Gasteiger partial charge is 0.0416 e. The fraction of sp³-hybridized carbons (Fsp3) is 0.706. The highest BCUT2D eigenvalue weighted by Crippen LogP contribution is 2.60. The number of nitrogens with zero attached hydrogens (tertiary/aromatic N) is 1. The van der Waals surface area contributed by atoms with Gasteiger partial charge in [0.05, 0.1) is 0 Å². The molecule has 102 valence electrons. The minimum absolute atomic E-state index is 0.489. The molecule has 2 heteroatoms. The Hall–Kier alpha value is -0.890. The molecule has 4 fully saturated rings. The Kier molecular flexibility index (Phi) is 2.70. The van der Waals surface area contributed by atoms with Crippen LogP contribution in [0.15, 0.2) is 18.3 Å². The fourth-order valence-corrected chi connectivity index (χ4v) is 5.50. The third-order valence-corrected chi connectivity index (χ3v) is 5.88. The van der Waals surface area contributed by atoms with E-state index in [4.69, 9.17) is 5.73 Å². The van der Waals surface area contributed by atoms with Gasteiger partial charge in [0.25, 0.3) is 0 Å². The van der Waals surface area contributed by atoms with Crippen LogP contribution < -0.4 is 5.73 Å². The molecule has 4 bridgehead atoms. The van der Waals surface area contributed by atoms with E-state index in [1.54, 1.807) is 0 Å². The van der Waals surface area contributed by atoms with E-state index in [0.717, 1.165) is 29.9 Å². The van der Waals surface area contributed by atoms with Gasteiger partial charge in [-0.25, -0.2) is 0 Å². The Morgan fingerprint density at radius 1 is 1.05 bits per heavy atom. The molecule has 0 atom stereocenters. The van der Waals surface area contributed by atoms with Gasteiger partial charge in [0.1, 0.15) is 0 Å². The van der Waals surface area contributed by atoms with Gasteiger partial charge in [0.2, 0.25) is 0 Å². The molecule has 0 aromatic carbocycles. The number of aromatic nitrogens is 1. The van der Waals surface area contributed by atoms with Crippen LogP contribution in [0.3, 0.4) is 0 Å². The molecule has 0 aliphatic heterocycles. The highest BCUT2D eigenvalue weighted by Gasteiger charge is 2.51. The third kappa shape index (κ3) is 1.92. The molecule has 0 amide bonds. The van der Waals surface area contributed by atoms with Crippen molar-refractivity contribution >= 4 is 0 Å². The first-order valence-electron chi connectivity index (χ1n) is 7.93. The average Bonchev–Trinajstić information content (AvgIpc) is 2.38. The molecule has 4 saturated carbocycles. The summed E-state index contributed by atoms with van der Waals surface area (Å²) in [5.74, 6) is 3.03. The molecule has 1 aromatic heterocycles. The van der Waals surface area contributed by atoms with Crippen LogP contribution in [-0.2, 0) is 11.8 Å². The zero-order chi connectivity index (χ0) is 12.9. The van der Waals surface area contributed by atoms with E-state index in [0.29, 0.717) is 12.0 Å². The molecule has 1 aromatic rings. The molecule has 19 heavy (non-hydrogen) atoms. The van der Waals surface area contributed by atoms with Crippen molar-refractivity contribution in [3.05, 3.63) is 29.6 Å². The summed E-state index contributed by atoms with van der Waals surface area (Å²) in [6.07, 6.45) is 11.9. The molecule has 0 spiro atoms. The Bertz CT molecular complexity index is 427. The minimum Gasteiger partial charge on any atom is -0.330 e. The largest absolute Gasteiger partial charge is 0.330 e. The zero-order valence-corrected chi connectivity index (χ0v) is 11.6. The zero-order valence-electron chi connectivity index (χ0n) is 11.6. The van der Waals surface area contributed by atoms with E-state index in [2.05, 4.69) is 23.3 Å². The van der Waals surface area contributed by atoms with Crippen molar-refractivity contribution in [3.63, 3.8) is 0 Å². The summed E-state index contributed by atoms with van der Waals surface area (Å²) in [5, 5.41) is 0. The van der Waals surface area contributed by atoms with Crippen LogP contribution in [0, 0.1) is 17.8 Å². The number of pyridine rings is 1. The molecule has 4 aliphatic rings. The topological polar surface area (TPSA) is 38.9 Å². The summed E-state index contributed by atoms with van der Waals surface area (Å²) in [6.45, 7) is 0.698. The standard InChI is InChI=1S/C17H24N2/c18-4-3-16-2-1-15(11-19-16)17-8-12-5-13(9-17)7-14(6-12)10-17/h1-2,11-14H,3-10,18H2. The summed E-state index contributed by atoms with van der Waals surface area (Å²) >= 11 is 0. The minimum atomic E-state index is 0.489. The predicted molar refractivity (Wildman–Crippen MR) is 76.8 cm³/mol. The second kappa shape index (κ2) is 4.31. The second-order valence-corrected chi connectivity index (χ2v) is 7.27. The Morgan fingerprint density at radius 3 is 2.16 bits per heavy atom. The van der Waals surface area contributed by atoms with E-state index in [1.165, 1.54) is 44.1 Å². The number of nitrogens with two attached hydrogens (primary N) is 1. The molecule has 0 unspecified atom stereocenters. The third-order valence-electron chi connectivity index (χ3n) is 5.88. The van der Waals surface area contributed by atoms with Crippen LogP contribution in [0.25, 0.3) is 0 Å². The van der Waals surface area contributed by atoms with Crippen LogP contribution in [0.1, 0.15) is 49.8 Å². The molecular formula is C17H24N2. The molecule has 2 N–H and O–H groups in total. The normalized spacial score (nSPS) is 39.7. The molecule has 0 saturated heterocycles. The van der Waals surface area contributed by atoms with Crippen molar-refractivity contribution in [2.75, 3.05) is 6.54 Å². The molecule has 2 nitrogen and oxygen atoms in total. The van der Waals surface area contributed by atoms with Gasteiger partial charge in [-0.05, 0) is 79.9 Å². The Morgan fingerprint density at radius 2 is 1.68 bits per heavy atom. The van der Waals surface area contributed by atoms with E-state index in [9.17, 15) is 0 Å². The molecule has 4 aliphatic carbocycles. The van der Waals surface area contributed by atoms with Crippen LogP contribution in [0.4, 0.5) is 0 Å². The molecular weight excluding hydrogens is 232 g/mol. The molecule has 5 rings (SSSR count).